The van der Waals surface area contributed by atoms with Gasteiger partial charge in [-0.05, 0) is 25.0 Å². The van der Waals surface area contributed by atoms with Crippen LogP contribution in [0, 0.1) is 0 Å². The van der Waals surface area contributed by atoms with Crippen molar-refractivity contribution in [1.29, 1.82) is 0 Å². The van der Waals surface area contributed by atoms with Crippen molar-refractivity contribution in [3.8, 4) is 0 Å². The Morgan fingerprint density at radius 3 is 3.10 bits per heavy atom. The SMILES string of the molecule is O=C(NN=Cc1cnc(N2CCCC2)s1)c1ccco1. The second kappa shape index (κ2) is 5.87. The van der Waals surface area contributed by atoms with Crippen molar-refractivity contribution >= 4 is 28.6 Å². The first-order chi connectivity index (χ1) is 9.83. The third-order valence-electron chi connectivity index (χ3n) is 2.99. The molecule has 3 rings (SSSR count). The monoisotopic (exact) mass is 290 g/mol. The van der Waals surface area contributed by atoms with Crippen molar-refractivity contribution in [2.45, 2.75) is 12.8 Å². The van der Waals surface area contributed by atoms with Crippen molar-refractivity contribution in [3.63, 3.8) is 0 Å². The van der Waals surface area contributed by atoms with Gasteiger partial charge < -0.3 is 9.32 Å². The van der Waals surface area contributed by atoms with Crippen LogP contribution in [0.4, 0.5) is 5.13 Å². The highest BCUT2D eigenvalue weighted by molar-refractivity contribution is 7.17. The van der Waals surface area contributed by atoms with Gasteiger partial charge >= 0.3 is 5.91 Å². The summed E-state index contributed by atoms with van der Waals surface area (Å²) in [6, 6.07) is 3.24. The summed E-state index contributed by atoms with van der Waals surface area (Å²) >= 11 is 1.57. The van der Waals surface area contributed by atoms with Crippen LogP contribution in [0.1, 0.15) is 28.3 Å². The zero-order valence-electron chi connectivity index (χ0n) is 10.8. The molecule has 1 amide bonds. The van der Waals surface area contributed by atoms with Gasteiger partial charge in [0.25, 0.3) is 0 Å². The molecule has 1 aliphatic rings. The summed E-state index contributed by atoms with van der Waals surface area (Å²) in [7, 11) is 0. The van der Waals surface area contributed by atoms with Crippen LogP contribution in [0.5, 0.6) is 0 Å². The molecule has 7 heteroatoms. The molecule has 3 heterocycles. The Bertz CT molecular complexity index is 600. The van der Waals surface area contributed by atoms with Crippen LogP contribution in [0.25, 0.3) is 0 Å². The molecule has 0 bridgehead atoms. The first-order valence-electron chi connectivity index (χ1n) is 6.40. The van der Waals surface area contributed by atoms with Gasteiger partial charge in [0.2, 0.25) is 0 Å². The van der Waals surface area contributed by atoms with Gasteiger partial charge in [0.15, 0.2) is 10.9 Å². The molecule has 1 N–H and O–H groups in total. The number of thiazole rings is 1. The molecule has 0 saturated carbocycles. The highest BCUT2D eigenvalue weighted by Gasteiger charge is 2.15. The van der Waals surface area contributed by atoms with Crippen LogP contribution < -0.4 is 10.3 Å². The predicted octanol–water partition coefficient (Wildman–Crippen LogP) is 2.10. The third-order valence-corrected chi connectivity index (χ3v) is 3.98. The molecule has 104 valence electrons. The van der Waals surface area contributed by atoms with Crippen LogP contribution in [0.3, 0.4) is 0 Å². The summed E-state index contributed by atoms with van der Waals surface area (Å²) in [5.74, 6) is -0.125. The highest BCUT2D eigenvalue weighted by Crippen LogP contribution is 2.24. The minimum absolute atomic E-state index is 0.240. The van der Waals surface area contributed by atoms with E-state index in [1.165, 1.54) is 19.1 Å². The summed E-state index contributed by atoms with van der Waals surface area (Å²) in [5, 5.41) is 4.92. The molecule has 0 aliphatic carbocycles. The number of hydrogen-bond acceptors (Lipinski definition) is 6. The van der Waals surface area contributed by atoms with Crippen molar-refractivity contribution < 1.29 is 9.21 Å². The van der Waals surface area contributed by atoms with Gasteiger partial charge in [0.05, 0.1) is 17.4 Å². The van der Waals surface area contributed by atoms with E-state index in [4.69, 9.17) is 4.42 Å². The molecule has 0 aromatic carbocycles. The van der Waals surface area contributed by atoms with Crippen LogP contribution in [-0.2, 0) is 0 Å². The molecular formula is C13H14N4O2S. The lowest BCUT2D eigenvalue weighted by Gasteiger charge is -2.11. The zero-order chi connectivity index (χ0) is 13.8. The Morgan fingerprint density at radius 2 is 2.35 bits per heavy atom. The van der Waals surface area contributed by atoms with Crippen molar-refractivity contribution in [1.82, 2.24) is 10.4 Å². The molecule has 0 radical (unpaired) electrons. The van der Waals surface area contributed by atoms with Crippen molar-refractivity contribution in [3.05, 3.63) is 35.2 Å². The third kappa shape index (κ3) is 2.88. The number of rotatable bonds is 4. The molecule has 0 unspecified atom stereocenters. The fraction of sp³-hybridized carbons (Fsp3) is 0.308. The first-order valence-corrected chi connectivity index (χ1v) is 7.22. The maximum absolute atomic E-state index is 11.6. The molecule has 1 saturated heterocycles. The Morgan fingerprint density at radius 1 is 1.50 bits per heavy atom. The molecule has 0 atom stereocenters. The number of aromatic nitrogens is 1. The van der Waals surface area contributed by atoms with Gasteiger partial charge in [0, 0.05) is 19.3 Å². The lowest BCUT2D eigenvalue weighted by atomic mass is 10.4. The molecule has 2 aromatic heterocycles. The smallest absolute Gasteiger partial charge is 0.307 e. The minimum atomic E-state index is -0.365. The summed E-state index contributed by atoms with van der Waals surface area (Å²) in [5.41, 5.74) is 2.41. The van der Waals surface area contributed by atoms with E-state index in [9.17, 15) is 4.79 Å². The lowest BCUT2D eigenvalue weighted by molar-refractivity contribution is 0.0927. The standard InChI is InChI=1S/C13H14N4O2S/c18-12(11-4-3-7-19-11)16-15-9-10-8-14-13(20-10)17-5-1-2-6-17/h3-4,7-9H,1-2,5-6H2,(H,16,18). The van der Waals surface area contributed by atoms with E-state index in [1.807, 2.05) is 0 Å². The number of nitrogens with one attached hydrogen (secondary N) is 1. The van der Waals surface area contributed by atoms with Gasteiger partial charge in [-0.15, -0.1) is 0 Å². The number of carbonyl (C=O) groups is 1. The van der Waals surface area contributed by atoms with E-state index < -0.39 is 0 Å². The van der Waals surface area contributed by atoms with Crippen LogP contribution in [0.15, 0.2) is 34.1 Å². The number of hydrazone groups is 1. The van der Waals surface area contributed by atoms with Gasteiger partial charge in [-0.25, -0.2) is 10.4 Å². The van der Waals surface area contributed by atoms with E-state index in [1.54, 1.807) is 35.9 Å². The molecule has 1 fully saturated rings. The summed E-state index contributed by atoms with van der Waals surface area (Å²) in [4.78, 5) is 19.1. The Kier molecular flexibility index (Phi) is 3.78. The van der Waals surface area contributed by atoms with E-state index in [-0.39, 0.29) is 11.7 Å². The zero-order valence-corrected chi connectivity index (χ0v) is 11.6. The van der Waals surface area contributed by atoms with Gasteiger partial charge in [-0.1, -0.05) is 11.3 Å². The Balaban J connectivity index is 1.57. The Hall–Kier alpha value is -2.15. The average Bonchev–Trinajstić information content (AvgIpc) is 3.20. The van der Waals surface area contributed by atoms with Crippen LogP contribution >= 0.6 is 11.3 Å². The van der Waals surface area contributed by atoms with Crippen LogP contribution in [0.2, 0.25) is 0 Å². The van der Waals surface area contributed by atoms with Crippen molar-refractivity contribution in [2.24, 2.45) is 5.10 Å². The predicted molar refractivity (Wildman–Crippen MR) is 77.3 cm³/mol. The lowest BCUT2D eigenvalue weighted by Crippen LogP contribution is -2.17. The second-order valence-corrected chi connectivity index (χ2v) is 5.46. The first kappa shape index (κ1) is 12.9. The number of carbonyl (C=O) groups excluding carboxylic acids is 1. The van der Waals surface area contributed by atoms with E-state index in [0.717, 1.165) is 23.1 Å². The summed E-state index contributed by atoms with van der Waals surface area (Å²) in [6.45, 7) is 2.14. The van der Waals surface area contributed by atoms with Gasteiger partial charge in [-0.2, -0.15) is 5.10 Å². The van der Waals surface area contributed by atoms with Crippen molar-refractivity contribution in [2.75, 3.05) is 18.0 Å². The highest BCUT2D eigenvalue weighted by atomic mass is 32.1. The van der Waals surface area contributed by atoms with Gasteiger partial charge in [-0.3, -0.25) is 4.79 Å². The van der Waals surface area contributed by atoms with Gasteiger partial charge in [0.1, 0.15) is 0 Å². The normalized spacial score (nSPS) is 15.1. The molecular weight excluding hydrogens is 276 g/mol. The molecule has 20 heavy (non-hydrogen) atoms. The van der Waals surface area contributed by atoms with E-state index >= 15 is 0 Å². The van der Waals surface area contributed by atoms with Crippen LogP contribution in [-0.4, -0.2) is 30.2 Å². The largest absolute Gasteiger partial charge is 0.459 e. The molecule has 6 nitrogen and oxygen atoms in total. The summed E-state index contributed by atoms with van der Waals surface area (Å²) in [6.07, 6.45) is 7.26. The number of nitrogens with zero attached hydrogens (tertiary/aromatic N) is 3. The summed E-state index contributed by atoms with van der Waals surface area (Å²) < 4.78 is 4.97. The molecule has 1 aliphatic heterocycles. The maximum atomic E-state index is 11.6. The number of furan rings is 1. The molecule has 0 spiro atoms. The fourth-order valence-corrected chi connectivity index (χ4v) is 2.85. The number of anilines is 1. The minimum Gasteiger partial charge on any atom is -0.459 e. The van der Waals surface area contributed by atoms with E-state index in [0.29, 0.717) is 0 Å². The quantitative estimate of drug-likeness (QED) is 0.691. The second-order valence-electron chi connectivity index (χ2n) is 4.42. The maximum Gasteiger partial charge on any atom is 0.307 e. The topological polar surface area (TPSA) is 70.7 Å². The molecule has 2 aromatic rings. The number of hydrogen-bond donors (Lipinski definition) is 1. The number of amides is 1. The van der Waals surface area contributed by atoms with E-state index in [2.05, 4.69) is 20.4 Å². The Labute approximate surface area is 120 Å². The fourth-order valence-electron chi connectivity index (χ4n) is 2.01. The average molecular weight is 290 g/mol.